The molecule has 3 atom stereocenters. The fourth-order valence-corrected chi connectivity index (χ4v) is 4.92. The quantitative estimate of drug-likeness (QED) is 0.329. The van der Waals surface area contributed by atoms with Crippen LogP contribution in [0.25, 0.3) is 0 Å². The summed E-state index contributed by atoms with van der Waals surface area (Å²) in [6, 6.07) is 15.8. The summed E-state index contributed by atoms with van der Waals surface area (Å²) in [6.45, 7) is 4.52. The van der Waals surface area contributed by atoms with Gasteiger partial charge in [0, 0.05) is 51.0 Å². The molecule has 2 aromatic carbocycles. The normalized spacial score (nSPS) is 21.9. The van der Waals surface area contributed by atoms with Gasteiger partial charge in [-0.3, -0.25) is 14.5 Å². The molecular formula is C30H40N2O7. The fourth-order valence-electron chi connectivity index (χ4n) is 4.92. The van der Waals surface area contributed by atoms with Crippen molar-refractivity contribution in [3.8, 4) is 0 Å². The van der Waals surface area contributed by atoms with Gasteiger partial charge >= 0.3 is 5.97 Å². The Morgan fingerprint density at radius 1 is 0.872 bits per heavy atom. The van der Waals surface area contributed by atoms with Gasteiger partial charge < -0.3 is 29.7 Å². The molecule has 0 saturated carbocycles. The van der Waals surface area contributed by atoms with Crippen LogP contribution in [0.2, 0.25) is 0 Å². The topological polar surface area (TPSA) is 118 Å². The molecule has 0 aromatic heterocycles. The van der Waals surface area contributed by atoms with Crippen molar-refractivity contribution >= 4 is 11.9 Å². The number of hydrogen-bond donors (Lipinski definition) is 3. The van der Waals surface area contributed by atoms with Crippen LogP contribution in [0.1, 0.15) is 73.2 Å². The number of morpholine rings is 1. The number of aliphatic carboxylic acids is 1. The van der Waals surface area contributed by atoms with Crippen molar-refractivity contribution in [1.82, 2.24) is 10.2 Å². The predicted molar refractivity (Wildman–Crippen MR) is 145 cm³/mol. The van der Waals surface area contributed by atoms with Crippen LogP contribution in [0.5, 0.6) is 0 Å². The second-order valence-corrected chi connectivity index (χ2v) is 10.2. The number of ether oxygens (including phenoxy) is 3. The zero-order valence-electron chi connectivity index (χ0n) is 22.4. The highest BCUT2D eigenvalue weighted by molar-refractivity contribution is 5.75. The monoisotopic (exact) mass is 540 g/mol. The van der Waals surface area contributed by atoms with Crippen molar-refractivity contribution in [3.05, 3.63) is 70.8 Å². The number of aliphatic hydroxyl groups excluding tert-OH is 1. The molecule has 0 aliphatic carbocycles. The lowest BCUT2D eigenvalue weighted by Crippen LogP contribution is -2.44. The smallest absolute Gasteiger partial charge is 0.303 e. The number of rotatable bonds is 13. The van der Waals surface area contributed by atoms with Gasteiger partial charge in [0.05, 0.1) is 32.0 Å². The lowest BCUT2D eigenvalue weighted by Gasteiger charge is -2.39. The van der Waals surface area contributed by atoms with Crippen LogP contribution >= 0.6 is 0 Å². The van der Waals surface area contributed by atoms with Crippen LogP contribution < -0.4 is 5.32 Å². The molecule has 212 valence electrons. The lowest BCUT2D eigenvalue weighted by atomic mass is 9.99. The zero-order chi connectivity index (χ0) is 27.5. The summed E-state index contributed by atoms with van der Waals surface area (Å²) in [6.07, 6.45) is 2.65. The summed E-state index contributed by atoms with van der Waals surface area (Å²) in [5.74, 6) is -0.832. The van der Waals surface area contributed by atoms with Crippen LogP contribution in [0.3, 0.4) is 0 Å². The van der Waals surface area contributed by atoms with Gasteiger partial charge in [0.2, 0.25) is 5.91 Å². The number of carbonyl (C=O) groups excluding carboxylic acids is 1. The Hall–Kier alpha value is -2.82. The molecule has 1 amide bonds. The lowest BCUT2D eigenvalue weighted by molar-refractivity contribution is -0.253. The van der Waals surface area contributed by atoms with Crippen molar-refractivity contribution in [1.29, 1.82) is 0 Å². The number of amides is 1. The van der Waals surface area contributed by atoms with E-state index >= 15 is 0 Å². The molecule has 2 fully saturated rings. The summed E-state index contributed by atoms with van der Waals surface area (Å²) in [4.78, 5) is 25.1. The van der Waals surface area contributed by atoms with E-state index in [1.807, 2.05) is 48.5 Å². The Kier molecular flexibility index (Phi) is 11.3. The maximum absolute atomic E-state index is 12.1. The Morgan fingerprint density at radius 3 is 2.23 bits per heavy atom. The second-order valence-electron chi connectivity index (χ2n) is 10.2. The van der Waals surface area contributed by atoms with Crippen LogP contribution in [0.4, 0.5) is 0 Å². The van der Waals surface area contributed by atoms with E-state index in [9.17, 15) is 14.7 Å². The predicted octanol–water partition coefficient (Wildman–Crippen LogP) is 3.71. The third kappa shape index (κ3) is 9.40. The summed E-state index contributed by atoms with van der Waals surface area (Å²) in [5.41, 5.74) is 3.84. The van der Waals surface area contributed by atoms with Crippen LogP contribution in [0.15, 0.2) is 48.5 Å². The third-order valence-electron chi connectivity index (χ3n) is 7.22. The number of carboxylic acids is 1. The van der Waals surface area contributed by atoms with Gasteiger partial charge in [-0.05, 0) is 29.5 Å². The summed E-state index contributed by atoms with van der Waals surface area (Å²) < 4.78 is 18.4. The highest BCUT2D eigenvalue weighted by Gasteiger charge is 2.33. The number of nitrogens with zero attached hydrogens (tertiary/aromatic N) is 1. The van der Waals surface area contributed by atoms with Crippen molar-refractivity contribution in [3.63, 3.8) is 0 Å². The van der Waals surface area contributed by atoms with Gasteiger partial charge in [-0.15, -0.1) is 0 Å². The average Bonchev–Trinajstić information content (AvgIpc) is 2.96. The van der Waals surface area contributed by atoms with Gasteiger partial charge in [-0.25, -0.2) is 0 Å². The Labute approximate surface area is 230 Å². The molecule has 4 rings (SSSR count). The summed E-state index contributed by atoms with van der Waals surface area (Å²) in [5, 5.41) is 21.0. The van der Waals surface area contributed by atoms with Crippen LogP contribution in [0, 0.1) is 0 Å². The first-order valence-electron chi connectivity index (χ1n) is 13.9. The number of aliphatic hydroxyl groups is 1. The summed E-state index contributed by atoms with van der Waals surface area (Å²) in [7, 11) is 0. The number of unbranched alkanes of at least 4 members (excludes halogenated alkanes) is 2. The summed E-state index contributed by atoms with van der Waals surface area (Å²) >= 11 is 0. The minimum Gasteiger partial charge on any atom is -0.481 e. The van der Waals surface area contributed by atoms with Crippen LogP contribution in [-0.2, 0) is 37.0 Å². The largest absolute Gasteiger partial charge is 0.481 e. The number of carboxylic acid groups (broad SMARTS) is 1. The SMILES string of the molecule is O=C(O)CCCCCC(=O)NCc1ccc(C2OC(CN3CCOCC3)CC(c3ccc(CO)cc3)O2)cc1. The molecule has 2 saturated heterocycles. The van der Waals surface area contributed by atoms with Gasteiger partial charge in [0.15, 0.2) is 6.29 Å². The highest BCUT2D eigenvalue weighted by Crippen LogP contribution is 2.38. The molecule has 3 unspecified atom stereocenters. The number of carbonyl (C=O) groups is 2. The minimum absolute atomic E-state index is 0.00108. The van der Waals surface area contributed by atoms with Gasteiger partial charge in [0.1, 0.15) is 0 Å². The molecular weight excluding hydrogens is 500 g/mol. The molecule has 2 aliphatic heterocycles. The van der Waals surface area contributed by atoms with E-state index < -0.39 is 12.3 Å². The molecule has 3 N–H and O–H groups in total. The molecule has 9 nitrogen and oxygen atoms in total. The van der Waals surface area contributed by atoms with E-state index in [2.05, 4.69) is 10.2 Å². The van der Waals surface area contributed by atoms with Gasteiger partial charge in [-0.1, -0.05) is 55.0 Å². The van der Waals surface area contributed by atoms with E-state index in [1.165, 1.54) is 0 Å². The van der Waals surface area contributed by atoms with E-state index in [-0.39, 0.29) is 31.1 Å². The minimum atomic E-state index is -0.799. The van der Waals surface area contributed by atoms with E-state index in [1.54, 1.807) is 0 Å². The van der Waals surface area contributed by atoms with Crippen molar-refractivity contribution in [2.75, 3.05) is 32.8 Å². The molecule has 2 heterocycles. The maximum Gasteiger partial charge on any atom is 0.303 e. The zero-order valence-corrected chi connectivity index (χ0v) is 22.4. The standard InChI is InChI=1S/C30H40N2O7/c33-21-23-8-10-24(11-9-23)27-18-26(20-32-14-16-37-17-15-32)38-30(39-27)25-12-6-22(7-13-25)19-31-28(34)4-2-1-3-5-29(35)36/h6-13,26-27,30,33H,1-5,14-21H2,(H,31,34)(H,35,36). The van der Waals surface area contributed by atoms with Crippen molar-refractivity contribution in [2.24, 2.45) is 0 Å². The van der Waals surface area contributed by atoms with Gasteiger partial charge in [-0.2, -0.15) is 0 Å². The molecule has 0 bridgehead atoms. The Bertz CT molecular complexity index is 1040. The number of benzene rings is 2. The highest BCUT2D eigenvalue weighted by atomic mass is 16.7. The second kappa shape index (κ2) is 15.1. The fraction of sp³-hybridized carbons (Fsp3) is 0.533. The number of hydrogen-bond acceptors (Lipinski definition) is 7. The van der Waals surface area contributed by atoms with E-state index in [4.69, 9.17) is 19.3 Å². The Morgan fingerprint density at radius 2 is 1.54 bits per heavy atom. The first kappa shape index (κ1) is 29.2. The van der Waals surface area contributed by atoms with Crippen LogP contribution in [-0.4, -0.2) is 65.9 Å². The molecule has 9 heteroatoms. The molecule has 39 heavy (non-hydrogen) atoms. The van der Waals surface area contributed by atoms with Crippen molar-refractivity contribution in [2.45, 2.75) is 70.2 Å². The Balaban J connectivity index is 1.33. The first-order chi connectivity index (χ1) is 19.0. The molecule has 2 aliphatic rings. The maximum atomic E-state index is 12.1. The van der Waals surface area contributed by atoms with E-state index in [0.29, 0.717) is 25.8 Å². The van der Waals surface area contributed by atoms with E-state index in [0.717, 1.165) is 67.9 Å². The van der Waals surface area contributed by atoms with Crippen molar-refractivity contribution < 1.29 is 34.0 Å². The first-order valence-corrected chi connectivity index (χ1v) is 13.9. The molecule has 0 radical (unpaired) electrons. The third-order valence-corrected chi connectivity index (χ3v) is 7.22. The van der Waals surface area contributed by atoms with Gasteiger partial charge in [0.25, 0.3) is 0 Å². The average molecular weight is 541 g/mol. The number of nitrogens with one attached hydrogen (secondary N) is 1. The molecule has 2 aromatic rings. The molecule has 0 spiro atoms.